The van der Waals surface area contributed by atoms with Crippen LogP contribution in [0.2, 0.25) is 0 Å². The Morgan fingerprint density at radius 2 is 1.06 bits per heavy atom. The van der Waals surface area contributed by atoms with Gasteiger partial charge in [0.15, 0.2) is 14.7 Å². The summed E-state index contributed by atoms with van der Waals surface area (Å²) in [6, 6.07) is 30.8. The summed E-state index contributed by atoms with van der Waals surface area (Å²) < 4.78 is 55.8. The molecule has 170 valence electrons. The molecule has 3 nitrogen and oxygen atoms in total. The van der Waals surface area contributed by atoms with Crippen molar-refractivity contribution in [1.29, 1.82) is 0 Å². The first-order chi connectivity index (χ1) is 15.7. The van der Waals surface area contributed by atoms with Crippen LogP contribution in [0.3, 0.4) is 0 Å². The van der Waals surface area contributed by atoms with Crippen LogP contribution >= 0.6 is 0 Å². The molecule has 0 bridgehead atoms. The van der Waals surface area contributed by atoms with Crippen LogP contribution < -0.4 is 0 Å². The van der Waals surface area contributed by atoms with Crippen LogP contribution in [0.1, 0.15) is 11.1 Å². The highest BCUT2D eigenvalue weighted by Gasteiger charge is 2.28. The fraction of sp³-hybridized carbons (Fsp3) is 0.0769. The molecule has 0 unspecified atom stereocenters. The Hall–Kier alpha value is -3.00. The highest BCUT2D eigenvalue weighted by molar-refractivity contribution is 7.97. The van der Waals surface area contributed by atoms with E-state index in [1.54, 1.807) is 0 Å². The van der Waals surface area contributed by atoms with Gasteiger partial charge < -0.3 is 4.55 Å². The van der Waals surface area contributed by atoms with Crippen molar-refractivity contribution < 1.29 is 21.8 Å². The summed E-state index contributed by atoms with van der Waals surface area (Å²) in [5.74, 6) is -2.74. The van der Waals surface area contributed by atoms with Gasteiger partial charge >= 0.3 is 0 Å². The molecule has 0 saturated carbocycles. The van der Waals surface area contributed by atoms with Gasteiger partial charge in [0.25, 0.3) is 0 Å². The van der Waals surface area contributed by atoms with Crippen LogP contribution in [0.5, 0.6) is 0 Å². The second kappa shape index (κ2) is 10.7. The Kier molecular flexibility index (Phi) is 8.02. The molecule has 0 radical (unpaired) electrons. The first kappa shape index (κ1) is 24.6. The van der Waals surface area contributed by atoms with E-state index in [0.29, 0.717) is 12.1 Å². The van der Waals surface area contributed by atoms with Crippen LogP contribution in [-0.4, -0.2) is 13.0 Å². The van der Waals surface area contributed by atoms with E-state index in [1.807, 2.05) is 0 Å². The van der Waals surface area contributed by atoms with Gasteiger partial charge in [0.2, 0.25) is 0 Å². The van der Waals surface area contributed by atoms with E-state index in [0.717, 1.165) is 6.07 Å². The minimum Gasteiger partial charge on any atom is -0.744 e. The molecular formula is C26H22F2O3S2. The van der Waals surface area contributed by atoms with Gasteiger partial charge in [-0.15, -0.1) is 0 Å². The monoisotopic (exact) mass is 484 g/mol. The Bertz CT molecular complexity index is 1250. The van der Waals surface area contributed by atoms with Gasteiger partial charge in [-0.1, -0.05) is 48.5 Å². The van der Waals surface area contributed by atoms with E-state index in [1.165, 1.54) is 25.8 Å². The molecule has 0 aliphatic carbocycles. The van der Waals surface area contributed by atoms with Crippen molar-refractivity contribution >= 4 is 21.0 Å². The Labute approximate surface area is 195 Å². The quantitative estimate of drug-likeness (QED) is 0.253. The molecule has 0 aliphatic rings. The summed E-state index contributed by atoms with van der Waals surface area (Å²) in [5.41, 5.74) is 2.66. The lowest BCUT2D eigenvalue weighted by molar-refractivity contribution is 0.441. The largest absolute Gasteiger partial charge is 0.744 e. The van der Waals surface area contributed by atoms with Gasteiger partial charge in [0.1, 0.15) is 26.6 Å². The highest BCUT2D eigenvalue weighted by atomic mass is 32.2. The van der Waals surface area contributed by atoms with Crippen molar-refractivity contribution in [2.24, 2.45) is 0 Å². The molecule has 4 rings (SSSR count). The molecule has 0 fully saturated rings. The van der Waals surface area contributed by atoms with E-state index < -0.39 is 26.6 Å². The lowest BCUT2D eigenvalue weighted by Crippen LogP contribution is -2.05. The van der Waals surface area contributed by atoms with Gasteiger partial charge in [-0.25, -0.2) is 17.2 Å². The van der Waals surface area contributed by atoms with Crippen molar-refractivity contribution in [3.8, 4) is 0 Å². The van der Waals surface area contributed by atoms with E-state index in [-0.39, 0.29) is 10.9 Å². The van der Waals surface area contributed by atoms with Crippen LogP contribution in [0.15, 0.2) is 117 Å². The third-order valence-electron chi connectivity index (χ3n) is 4.56. The van der Waals surface area contributed by atoms with E-state index in [2.05, 4.69) is 92.7 Å². The molecular weight excluding hydrogens is 462 g/mol. The molecule has 7 heteroatoms. The average Bonchev–Trinajstić information content (AvgIpc) is 2.74. The van der Waals surface area contributed by atoms with E-state index >= 15 is 0 Å². The molecule has 0 aliphatic heterocycles. The third-order valence-corrected chi connectivity index (χ3v) is 7.64. The number of hydrogen-bond donors (Lipinski definition) is 0. The second-order valence-electron chi connectivity index (χ2n) is 7.26. The smallest absolute Gasteiger partial charge is 0.167 e. The van der Waals surface area contributed by atoms with Crippen molar-refractivity contribution in [2.45, 2.75) is 33.4 Å². The molecule has 0 atom stereocenters. The fourth-order valence-electron chi connectivity index (χ4n) is 3.29. The van der Waals surface area contributed by atoms with Crippen molar-refractivity contribution in [3.63, 3.8) is 0 Å². The molecule has 0 N–H and O–H groups in total. The van der Waals surface area contributed by atoms with Crippen LogP contribution in [0.4, 0.5) is 8.78 Å². The normalized spacial score (nSPS) is 11.1. The zero-order valence-corrected chi connectivity index (χ0v) is 19.7. The number of benzene rings is 4. The van der Waals surface area contributed by atoms with Crippen LogP contribution in [-0.2, 0) is 21.0 Å². The average molecular weight is 485 g/mol. The SMILES string of the molecule is Cc1cc(C)cc([S+](c2ccccc2)c2ccccc2)c1.O=S(=O)([O-])c1c(F)cccc1F. The molecule has 0 aromatic heterocycles. The first-order valence-corrected chi connectivity index (χ1v) is 12.6. The predicted molar refractivity (Wildman–Crippen MR) is 125 cm³/mol. The molecule has 4 aromatic carbocycles. The maximum atomic E-state index is 12.5. The number of halogens is 2. The fourth-order valence-corrected chi connectivity index (χ4v) is 6.19. The predicted octanol–water partition coefficient (Wildman–Crippen LogP) is 6.27. The zero-order valence-electron chi connectivity index (χ0n) is 18.0. The topological polar surface area (TPSA) is 57.2 Å². The summed E-state index contributed by atoms with van der Waals surface area (Å²) in [4.78, 5) is 2.71. The van der Waals surface area contributed by atoms with Gasteiger partial charge in [-0.3, -0.25) is 0 Å². The summed E-state index contributed by atoms with van der Waals surface area (Å²) >= 11 is 0. The molecule has 33 heavy (non-hydrogen) atoms. The van der Waals surface area contributed by atoms with Crippen molar-refractivity contribution in [2.75, 3.05) is 0 Å². The maximum absolute atomic E-state index is 12.5. The summed E-state index contributed by atoms with van der Waals surface area (Å²) in [5, 5.41) is 0. The van der Waals surface area contributed by atoms with Gasteiger partial charge in [-0.05, 0) is 73.5 Å². The third kappa shape index (κ3) is 6.51. The Morgan fingerprint density at radius 1 is 0.636 bits per heavy atom. The van der Waals surface area contributed by atoms with Crippen LogP contribution in [0.25, 0.3) is 0 Å². The Balaban J connectivity index is 0.000000218. The lowest BCUT2D eigenvalue weighted by Gasteiger charge is -2.09. The van der Waals surface area contributed by atoms with E-state index in [4.69, 9.17) is 0 Å². The zero-order chi connectivity index (χ0) is 24.0. The Morgan fingerprint density at radius 3 is 1.42 bits per heavy atom. The standard InChI is InChI=1S/C20H19S.C6H4F2O3S/c1-16-13-17(2)15-20(14-16)21(18-9-5-3-6-10-18)19-11-7-4-8-12-19;7-4-2-1-3-5(8)6(4)12(9,10)11/h3-15H,1-2H3;1-3H,(H,9,10,11)/q+1;/p-1. The minimum absolute atomic E-state index is 0.0352. The first-order valence-electron chi connectivity index (χ1n) is 9.99. The maximum Gasteiger partial charge on any atom is 0.167 e. The summed E-state index contributed by atoms with van der Waals surface area (Å²) in [6.45, 7) is 4.35. The number of hydrogen-bond acceptors (Lipinski definition) is 3. The van der Waals surface area contributed by atoms with Gasteiger partial charge in [0.05, 0.1) is 10.9 Å². The molecule has 0 spiro atoms. The number of aryl methyl sites for hydroxylation is 2. The van der Waals surface area contributed by atoms with E-state index in [9.17, 15) is 21.8 Å². The molecule has 0 heterocycles. The van der Waals surface area contributed by atoms with Gasteiger partial charge in [-0.2, -0.15) is 0 Å². The highest BCUT2D eigenvalue weighted by Crippen LogP contribution is 2.32. The van der Waals surface area contributed by atoms with Crippen molar-refractivity contribution in [1.82, 2.24) is 0 Å². The second-order valence-corrected chi connectivity index (χ2v) is 10.6. The van der Waals surface area contributed by atoms with Crippen molar-refractivity contribution in [3.05, 3.63) is 120 Å². The summed E-state index contributed by atoms with van der Waals surface area (Å²) in [6.07, 6.45) is 0. The van der Waals surface area contributed by atoms with Gasteiger partial charge in [0, 0.05) is 0 Å². The van der Waals surface area contributed by atoms with Crippen LogP contribution in [0, 0.1) is 25.5 Å². The lowest BCUT2D eigenvalue weighted by atomic mass is 10.2. The number of rotatable bonds is 4. The minimum atomic E-state index is -5.06. The molecule has 0 saturated heterocycles. The molecule has 0 amide bonds. The summed E-state index contributed by atoms with van der Waals surface area (Å²) in [7, 11) is -5.10. The molecule has 4 aromatic rings.